The molecule has 0 unspecified atom stereocenters. The lowest BCUT2D eigenvalue weighted by atomic mass is 10.1. The van der Waals surface area contributed by atoms with E-state index < -0.39 is 0 Å². The molecule has 0 amide bonds. The first-order valence-electron chi connectivity index (χ1n) is 6.44. The van der Waals surface area contributed by atoms with Crippen LogP contribution in [0.25, 0.3) is 0 Å². The van der Waals surface area contributed by atoms with Gasteiger partial charge in [0, 0.05) is 20.1 Å². The van der Waals surface area contributed by atoms with Crippen LogP contribution in [0.1, 0.15) is 5.69 Å². The molecule has 1 aromatic heterocycles. The Labute approximate surface area is 112 Å². The van der Waals surface area contributed by atoms with Gasteiger partial charge in [0.2, 0.25) is 0 Å². The Kier molecular flexibility index (Phi) is 3.09. The predicted molar refractivity (Wildman–Crippen MR) is 76.9 cm³/mol. The third-order valence-corrected chi connectivity index (χ3v) is 3.47. The Balaban J connectivity index is 2.04. The molecule has 98 valence electrons. The molecule has 0 spiro atoms. The van der Waals surface area contributed by atoms with Gasteiger partial charge >= 0.3 is 0 Å². The average molecular weight is 255 g/mol. The standard InChI is InChI=1S/C15H17N3O/c1-17-9-10-18(14-7-3-2-6-13(14)17)15-8-4-5-12(11-19)16-15/h2-8,19H,9-11H2,1H3. The van der Waals surface area contributed by atoms with Gasteiger partial charge in [-0.15, -0.1) is 0 Å². The maximum Gasteiger partial charge on any atom is 0.133 e. The van der Waals surface area contributed by atoms with E-state index in [0.29, 0.717) is 5.69 Å². The van der Waals surface area contributed by atoms with Gasteiger partial charge in [-0.1, -0.05) is 18.2 Å². The zero-order chi connectivity index (χ0) is 13.2. The summed E-state index contributed by atoms with van der Waals surface area (Å²) >= 11 is 0. The highest BCUT2D eigenvalue weighted by Gasteiger charge is 2.21. The van der Waals surface area contributed by atoms with E-state index in [-0.39, 0.29) is 6.61 Å². The average Bonchev–Trinajstić information content (AvgIpc) is 2.48. The first kappa shape index (κ1) is 12.0. The number of hydrogen-bond acceptors (Lipinski definition) is 4. The molecule has 1 aliphatic heterocycles. The maximum absolute atomic E-state index is 9.21. The molecule has 1 N–H and O–H groups in total. The van der Waals surface area contributed by atoms with E-state index in [1.54, 1.807) is 0 Å². The molecular weight excluding hydrogens is 238 g/mol. The van der Waals surface area contributed by atoms with Crippen molar-refractivity contribution in [3.05, 3.63) is 48.2 Å². The monoisotopic (exact) mass is 255 g/mol. The minimum absolute atomic E-state index is 0.0246. The summed E-state index contributed by atoms with van der Waals surface area (Å²) in [7, 11) is 2.10. The molecule has 1 aromatic carbocycles. The van der Waals surface area contributed by atoms with Gasteiger partial charge in [0.05, 0.1) is 23.7 Å². The molecule has 0 bridgehead atoms. The molecule has 4 nitrogen and oxygen atoms in total. The van der Waals surface area contributed by atoms with Crippen molar-refractivity contribution in [3.63, 3.8) is 0 Å². The number of fused-ring (bicyclic) bond motifs is 1. The summed E-state index contributed by atoms with van der Waals surface area (Å²) in [6.07, 6.45) is 0. The van der Waals surface area contributed by atoms with Gasteiger partial charge < -0.3 is 14.9 Å². The van der Waals surface area contributed by atoms with Crippen molar-refractivity contribution in [1.29, 1.82) is 0 Å². The minimum atomic E-state index is -0.0246. The fourth-order valence-electron chi connectivity index (χ4n) is 2.45. The van der Waals surface area contributed by atoms with Crippen LogP contribution in [0.2, 0.25) is 0 Å². The van der Waals surface area contributed by atoms with Gasteiger partial charge in [-0.25, -0.2) is 4.98 Å². The molecule has 2 aromatic rings. The smallest absolute Gasteiger partial charge is 0.133 e. The number of rotatable bonds is 2. The highest BCUT2D eigenvalue weighted by molar-refractivity contribution is 5.78. The van der Waals surface area contributed by atoms with Crippen LogP contribution >= 0.6 is 0 Å². The van der Waals surface area contributed by atoms with Crippen molar-refractivity contribution in [3.8, 4) is 0 Å². The Hall–Kier alpha value is -2.07. The number of likely N-dealkylation sites (N-methyl/N-ethyl adjacent to an activating group) is 1. The highest BCUT2D eigenvalue weighted by Crippen LogP contribution is 2.35. The van der Waals surface area contributed by atoms with Crippen LogP contribution in [0.5, 0.6) is 0 Å². The van der Waals surface area contributed by atoms with E-state index in [1.165, 1.54) is 11.4 Å². The number of aliphatic hydroxyl groups is 1. The van der Waals surface area contributed by atoms with Crippen LogP contribution in [-0.4, -0.2) is 30.2 Å². The van der Waals surface area contributed by atoms with E-state index in [1.807, 2.05) is 24.3 Å². The van der Waals surface area contributed by atoms with E-state index in [4.69, 9.17) is 0 Å². The van der Waals surface area contributed by atoms with Gasteiger partial charge in [-0.2, -0.15) is 0 Å². The second kappa shape index (κ2) is 4.90. The summed E-state index contributed by atoms with van der Waals surface area (Å²) in [4.78, 5) is 8.95. The highest BCUT2D eigenvalue weighted by atomic mass is 16.3. The van der Waals surface area contributed by atoms with Gasteiger partial charge in [0.15, 0.2) is 0 Å². The van der Waals surface area contributed by atoms with Crippen LogP contribution in [0.15, 0.2) is 42.5 Å². The lowest BCUT2D eigenvalue weighted by molar-refractivity contribution is 0.277. The summed E-state index contributed by atoms with van der Waals surface area (Å²) in [5, 5.41) is 9.21. The summed E-state index contributed by atoms with van der Waals surface area (Å²) in [5.74, 6) is 0.895. The molecule has 3 rings (SSSR count). The summed E-state index contributed by atoms with van der Waals surface area (Å²) in [6.45, 7) is 1.83. The molecular formula is C15H17N3O. The molecule has 0 radical (unpaired) electrons. The molecule has 4 heteroatoms. The van der Waals surface area contributed by atoms with Crippen LogP contribution in [-0.2, 0) is 6.61 Å². The van der Waals surface area contributed by atoms with Crippen molar-refractivity contribution in [1.82, 2.24) is 4.98 Å². The van der Waals surface area contributed by atoms with Crippen LogP contribution in [0.3, 0.4) is 0 Å². The lowest BCUT2D eigenvalue weighted by Crippen LogP contribution is -2.36. The predicted octanol–water partition coefficient (Wildman–Crippen LogP) is 2.16. The first-order chi connectivity index (χ1) is 9.29. The maximum atomic E-state index is 9.21. The number of aliphatic hydroxyl groups excluding tert-OH is 1. The van der Waals surface area contributed by atoms with E-state index in [0.717, 1.165) is 18.9 Å². The third kappa shape index (κ3) is 2.15. The molecule has 1 aliphatic rings. The number of nitrogens with zero attached hydrogens (tertiary/aromatic N) is 3. The van der Waals surface area contributed by atoms with Gasteiger partial charge in [-0.3, -0.25) is 0 Å². The fourth-order valence-corrected chi connectivity index (χ4v) is 2.45. The summed E-state index contributed by atoms with van der Waals surface area (Å²) < 4.78 is 0. The molecule has 0 atom stereocenters. The van der Waals surface area contributed by atoms with Gasteiger partial charge in [-0.05, 0) is 24.3 Å². The quantitative estimate of drug-likeness (QED) is 0.892. The SMILES string of the molecule is CN1CCN(c2cccc(CO)n2)c2ccccc21. The number of benzene rings is 1. The molecule has 0 aliphatic carbocycles. The van der Waals surface area contributed by atoms with Crippen molar-refractivity contribution in [2.75, 3.05) is 29.9 Å². The van der Waals surface area contributed by atoms with Gasteiger partial charge in [0.25, 0.3) is 0 Å². The van der Waals surface area contributed by atoms with Crippen LogP contribution in [0.4, 0.5) is 17.2 Å². The molecule has 0 saturated heterocycles. The number of hydrogen-bond donors (Lipinski definition) is 1. The van der Waals surface area contributed by atoms with Crippen molar-refractivity contribution >= 4 is 17.2 Å². The second-order valence-corrected chi connectivity index (χ2v) is 4.71. The normalized spacial score (nSPS) is 14.4. The molecule has 19 heavy (non-hydrogen) atoms. The summed E-state index contributed by atoms with van der Waals surface area (Å²) in [5.41, 5.74) is 3.08. The fraction of sp³-hybridized carbons (Fsp3) is 0.267. The van der Waals surface area contributed by atoms with E-state index >= 15 is 0 Å². The Morgan fingerprint density at radius 3 is 2.63 bits per heavy atom. The number of aromatic nitrogens is 1. The zero-order valence-corrected chi connectivity index (χ0v) is 11.0. The Morgan fingerprint density at radius 1 is 1.05 bits per heavy atom. The molecule has 2 heterocycles. The van der Waals surface area contributed by atoms with E-state index in [2.05, 4.69) is 40.0 Å². The molecule has 0 saturated carbocycles. The zero-order valence-electron chi connectivity index (χ0n) is 11.0. The summed E-state index contributed by atoms with van der Waals surface area (Å²) in [6, 6.07) is 14.1. The first-order valence-corrected chi connectivity index (χ1v) is 6.44. The second-order valence-electron chi connectivity index (χ2n) is 4.71. The lowest BCUT2D eigenvalue weighted by Gasteiger charge is -2.36. The van der Waals surface area contributed by atoms with Crippen LogP contribution in [0, 0.1) is 0 Å². The Morgan fingerprint density at radius 2 is 1.84 bits per heavy atom. The Bertz CT molecular complexity index is 585. The van der Waals surface area contributed by atoms with Crippen molar-refractivity contribution in [2.45, 2.75) is 6.61 Å². The number of para-hydroxylation sites is 2. The number of pyridine rings is 1. The van der Waals surface area contributed by atoms with Crippen molar-refractivity contribution in [2.24, 2.45) is 0 Å². The minimum Gasteiger partial charge on any atom is -0.390 e. The van der Waals surface area contributed by atoms with Crippen molar-refractivity contribution < 1.29 is 5.11 Å². The molecule has 0 fully saturated rings. The van der Waals surface area contributed by atoms with Crippen LogP contribution < -0.4 is 9.80 Å². The third-order valence-electron chi connectivity index (χ3n) is 3.47. The largest absolute Gasteiger partial charge is 0.390 e. The topological polar surface area (TPSA) is 39.6 Å². The van der Waals surface area contributed by atoms with Gasteiger partial charge in [0.1, 0.15) is 5.82 Å². The number of anilines is 3. The van der Waals surface area contributed by atoms with E-state index in [9.17, 15) is 5.11 Å².